The van der Waals surface area contributed by atoms with Gasteiger partial charge >= 0.3 is 18.0 Å². The fourth-order valence-electron chi connectivity index (χ4n) is 3.94. The molecule has 188 valence electrons. The number of benzene rings is 3. The van der Waals surface area contributed by atoms with Gasteiger partial charge in [-0.3, -0.25) is 0 Å². The van der Waals surface area contributed by atoms with Gasteiger partial charge in [0.05, 0.1) is 13.2 Å². The average molecular weight is 505 g/mol. The van der Waals surface area contributed by atoms with Crippen LogP contribution in [0.5, 0.6) is 5.75 Å². The molecule has 1 unspecified atom stereocenters. The van der Waals surface area contributed by atoms with Crippen molar-refractivity contribution in [1.82, 2.24) is 4.90 Å². The Kier molecular flexibility index (Phi) is 6.55. The van der Waals surface area contributed by atoms with E-state index in [-0.39, 0.29) is 11.1 Å². The minimum Gasteiger partial charge on any atom is -0.497 e. The normalized spacial score (nSPS) is 16.7. The molecular formula is C26H21F6N3O. The van der Waals surface area contributed by atoms with Gasteiger partial charge in [0, 0.05) is 11.1 Å². The molecule has 1 aliphatic heterocycles. The highest BCUT2D eigenvalue weighted by molar-refractivity contribution is 6.16. The minimum atomic E-state index is -5.86. The summed E-state index contributed by atoms with van der Waals surface area (Å²) < 4.78 is 90.7. The Bertz CT molecular complexity index is 1240. The largest absolute Gasteiger partial charge is 0.497 e. The van der Waals surface area contributed by atoms with E-state index >= 15 is 0 Å². The van der Waals surface area contributed by atoms with E-state index in [2.05, 4.69) is 9.98 Å². The van der Waals surface area contributed by atoms with Crippen molar-refractivity contribution in [3.8, 4) is 5.75 Å². The Hall–Kier alpha value is -3.82. The fraction of sp³-hybridized carbons (Fsp3) is 0.231. The smallest absolute Gasteiger partial charge is 0.443 e. The van der Waals surface area contributed by atoms with E-state index < -0.39 is 35.7 Å². The Morgan fingerprint density at radius 1 is 0.694 bits per heavy atom. The first-order valence-corrected chi connectivity index (χ1v) is 10.9. The summed E-state index contributed by atoms with van der Waals surface area (Å²) in [5.41, 5.74) is -3.92. The third kappa shape index (κ3) is 4.43. The number of halogens is 6. The molecule has 0 radical (unpaired) electrons. The van der Waals surface area contributed by atoms with Crippen LogP contribution in [0.1, 0.15) is 29.7 Å². The maximum atomic E-state index is 14.3. The van der Waals surface area contributed by atoms with Crippen LogP contribution in [0.2, 0.25) is 0 Å². The molecule has 0 amide bonds. The Morgan fingerprint density at radius 3 is 1.58 bits per heavy atom. The van der Waals surface area contributed by atoms with Crippen LogP contribution in [0.25, 0.3) is 0 Å². The SMILES string of the molecule is COc1ccc(C2=NC(C(F)(F)F)(C(F)(F)F)N=C(c3ccccc3)N2C(C)c2ccccc2)cc1. The lowest BCUT2D eigenvalue weighted by Crippen LogP contribution is -2.59. The van der Waals surface area contributed by atoms with Crippen LogP contribution in [0, 0.1) is 0 Å². The molecule has 3 aromatic carbocycles. The van der Waals surface area contributed by atoms with E-state index in [1.165, 1.54) is 60.5 Å². The van der Waals surface area contributed by atoms with Crippen LogP contribution in [-0.4, -0.2) is 41.7 Å². The number of methoxy groups -OCH3 is 1. The van der Waals surface area contributed by atoms with Gasteiger partial charge in [-0.2, -0.15) is 26.3 Å². The first-order chi connectivity index (χ1) is 17.0. The molecule has 0 fully saturated rings. The number of ether oxygens (including phenoxy) is 1. The number of amidine groups is 2. The molecule has 1 heterocycles. The van der Waals surface area contributed by atoms with Crippen LogP contribution in [0.4, 0.5) is 26.3 Å². The molecule has 4 rings (SSSR count). The van der Waals surface area contributed by atoms with Crippen molar-refractivity contribution in [2.45, 2.75) is 31.0 Å². The predicted molar refractivity (Wildman–Crippen MR) is 124 cm³/mol. The molecule has 10 heteroatoms. The van der Waals surface area contributed by atoms with Gasteiger partial charge in [-0.15, -0.1) is 0 Å². The summed E-state index contributed by atoms with van der Waals surface area (Å²) in [5.74, 6) is -0.632. The van der Waals surface area contributed by atoms with Gasteiger partial charge in [-0.05, 0) is 36.8 Å². The van der Waals surface area contributed by atoms with Crippen LogP contribution < -0.4 is 4.74 Å². The second kappa shape index (κ2) is 9.33. The van der Waals surface area contributed by atoms with E-state index in [1.807, 2.05) is 0 Å². The predicted octanol–water partition coefficient (Wildman–Crippen LogP) is 6.79. The molecule has 1 atom stereocenters. The molecule has 36 heavy (non-hydrogen) atoms. The molecule has 0 bridgehead atoms. The van der Waals surface area contributed by atoms with Crippen molar-refractivity contribution in [3.05, 3.63) is 102 Å². The van der Waals surface area contributed by atoms with Crippen molar-refractivity contribution in [1.29, 1.82) is 0 Å². The van der Waals surface area contributed by atoms with Crippen molar-refractivity contribution >= 4 is 11.7 Å². The molecule has 0 N–H and O–H groups in total. The molecular weight excluding hydrogens is 484 g/mol. The van der Waals surface area contributed by atoms with E-state index in [1.54, 1.807) is 43.3 Å². The molecule has 0 saturated carbocycles. The number of hydrogen-bond donors (Lipinski definition) is 0. The third-order valence-electron chi connectivity index (χ3n) is 5.83. The number of alkyl halides is 6. The van der Waals surface area contributed by atoms with E-state index in [4.69, 9.17) is 4.74 Å². The van der Waals surface area contributed by atoms with Gasteiger partial charge in [-0.25, -0.2) is 9.98 Å². The van der Waals surface area contributed by atoms with Crippen LogP contribution in [0.15, 0.2) is 94.9 Å². The highest BCUT2D eigenvalue weighted by Crippen LogP contribution is 2.50. The van der Waals surface area contributed by atoms with Crippen molar-refractivity contribution in [2.75, 3.05) is 7.11 Å². The van der Waals surface area contributed by atoms with Gasteiger partial charge in [-0.1, -0.05) is 60.7 Å². The lowest BCUT2D eigenvalue weighted by atomic mass is 10.00. The van der Waals surface area contributed by atoms with E-state index in [9.17, 15) is 26.3 Å². The standard InChI is InChI=1S/C26H21F6N3O/c1-17(18-9-5-3-6-10-18)35-22(19-11-7-4-8-12-19)33-24(25(27,28)29,26(30,31)32)34-23(35)20-13-15-21(36-2)16-14-20/h3-17H,1-2H3. The summed E-state index contributed by atoms with van der Waals surface area (Å²) in [7, 11) is 1.40. The molecule has 3 aromatic rings. The van der Waals surface area contributed by atoms with Crippen LogP contribution in [-0.2, 0) is 0 Å². The van der Waals surface area contributed by atoms with E-state index in [0.717, 1.165) is 0 Å². The molecule has 0 aromatic heterocycles. The maximum absolute atomic E-state index is 14.3. The Labute approximate surface area is 203 Å². The van der Waals surface area contributed by atoms with Crippen molar-refractivity contribution < 1.29 is 31.1 Å². The minimum absolute atomic E-state index is 0.0415. The zero-order valence-corrected chi connectivity index (χ0v) is 19.2. The monoisotopic (exact) mass is 505 g/mol. The summed E-state index contributed by atoms with van der Waals surface area (Å²) in [5, 5.41) is 0. The zero-order chi connectivity index (χ0) is 26.1. The van der Waals surface area contributed by atoms with Crippen molar-refractivity contribution in [3.63, 3.8) is 0 Å². The van der Waals surface area contributed by atoms with Gasteiger partial charge < -0.3 is 9.64 Å². The maximum Gasteiger partial charge on any atom is 0.443 e. The topological polar surface area (TPSA) is 37.2 Å². The molecule has 1 aliphatic rings. The lowest BCUT2D eigenvalue weighted by Gasteiger charge is -2.42. The number of aliphatic imine (C=N–C) groups is 2. The number of hydrogen-bond acceptors (Lipinski definition) is 4. The quantitative estimate of drug-likeness (QED) is 0.358. The first kappa shape index (κ1) is 25.3. The van der Waals surface area contributed by atoms with Crippen LogP contribution in [0.3, 0.4) is 0 Å². The van der Waals surface area contributed by atoms with Gasteiger partial charge in [0.1, 0.15) is 17.4 Å². The summed E-state index contributed by atoms with van der Waals surface area (Å²) in [6, 6.07) is 21.1. The average Bonchev–Trinajstić information content (AvgIpc) is 2.87. The zero-order valence-electron chi connectivity index (χ0n) is 19.2. The summed E-state index contributed by atoms with van der Waals surface area (Å²) >= 11 is 0. The molecule has 0 saturated heterocycles. The Balaban J connectivity index is 2.06. The second-order valence-corrected chi connectivity index (χ2v) is 8.09. The second-order valence-electron chi connectivity index (χ2n) is 8.09. The third-order valence-corrected chi connectivity index (χ3v) is 5.83. The molecule has 0 aliphatic carbocycles. The highest BCUT2D eigenvalue weighted by atomic mass is 19.4. The van der Waals surface area contributed by atoms with Gasteiger partial charge in [0.2, 0.25) is 0 Å². The molecule has 4 nitrogen and oxygen atoms in total. The van der Waals surface area contributed by atoms with E-state index in [0.29, 0.717) is 11.3 Å². The summed E-state index contributed by atoms with van der Waals surface area (Å²) in [6.45, 7) is 1.67. The highest BCUT2D eigenvalue weighted by Gasteiger charge is 2.74. The van der Waals surface area contributed by atoms with Gasteiger partial charge in [0.25, 0.3) is 0 Å². The lowest BCUT2D eigenvalue weighted by molar-refractivity contribution is -0.293. The first-order valence-electron chi connectivity index (χ1n) is 10.9. The van der Waals surface area contributed by atoms with Gasteiger partial charge in [0.15, 0.2) is 0 Å². The Morgan fingerprint density at radius 2 is 1.14 bits per heavy atom. The van der Waals surface area contributed by atoms with Crippen LogP contribution >= 0.6 is 0 Å². The number of rotatable bonds is 5. The molecule has 0 spiro atoms. The fourth-order valence-corrected chi connectivity index (χ4v) is 3.94. The summed E-state index contributed by atoms with van der Waals surface area (Å²) in [4.78, 5) is 8.00. The van der Waals surface area contributed by atoms with Crippen molar-refractivity contribution in [2.24, 2.45) is 9.98 Å². The number of nitrogens with zero attached hydrogens (tertiary/aromatic N) is 3. The summed E-state index contributed by atoms with van der Waals surface area (Å²) in [6.07, 6.45) is -11.7.